The quantitative estimate of drug-likeness (QED) is 0.475. The van der Waals surface area contributed by atoms with Gasteiger partial charge in [-0.05, 0) is 25.1 Å². The van der Waals surface area contributed by atoms with Gasteiger partial charge in [-0.15, -0.1) is 0 Å². The largest absolute Gasteiger partial charge is 0.360 e. The van der Waals surface area contributed by atoms with Crippen LogP contribution in [0.5, 0.6) is 0 Å². The normalized spacial score (nSPS) is 26.0. The minimum Gasteiger partial charge on any atom is -0.360 e. The Labute approximate surface area is 89.5 Å². The molecule has 0 radical (unpaired) electrons. The lowest BCUT2D eigenvalue weighted by Gasteiger charge is -2.20. The van der Waals surface area contributed by atoms with Crippen molar-refractivity contribution in [3.8, 4) is 0 Å². The van der Waals surface area contributed by atoms with Crippen molar-refractivity contribution in [2.45, 2.75) is 37.8 Å². The fourth-order valence-electron chi connectivity index (χ4n) is 1.51. The molecule has 4 heteroatoms. The minimum atomic E-state index is 0.218. The van der Waals surface area contributed by atoms with Gasteiger partial charge in [-0.3, -0.25) is 0 Å². The zero-order valence-electron chi connectivity index (χ0n) is 8.05. The number of hydrogen-bond donors (Lipinski definition) is 3. The SMILES string of the molecule is N=C1CC=CC(NC(=S)NC2CC2)C1. The summed E-state index contributed by atoms with van der Waals surface area (Å²) in [7, 11) is 0. The number of allylic oxidation sites excluding steroid dienone is 1. The van der Waals surface area contributed by atoms with E-state index in [0.29, 0.717) is 6.04 Å². The maximum absolute atomic E-state index is 7.56. The maximum atomic E-state index is 7.56. The van der Waals surface area contributed by atoms with Gasteiger partial charge in [-0.25, -0.2) is 0 Å². The summed E-state index contributed by atoms with van der Waals surface area (Å²) < 4.78 is 0. The molecule has 1 saturated carbocycles. The second-order valence-corrected chi connectivity index (χ2v) is 4.35. The van der Waals surface area contributed by atoms with Crippen LogP contribution >= 0.6 is 12.2 Å². The Kier molecular flexibility index (Phi) is 2.82. The van der Waals surface area contributed by atoms with Crippen LogP contribution < -0.4 is 10.6 Å². The van der Waals surface area contributed by atoms with Crippen molar-refractivity contribution in [3.05, 3.63) is 12.2 Å². The Morgan fingerprint density at radius 3 is 2.86 bits per heavy atom. The van der Waals surface area contributed by atoms with E-state index in [9.17, 15) is 0 Å². The topological polar surface area (TPSA) is 47.9 Å². The van der Waals surface area contributed by atoms with Crippen molar-refractivity contribution in [3.63, 3.8) is 0 Å². The van der Waals surface area contributed by atoms with Crippen LogP contribution in [0.15, 0.2) is 12.2 Å². The van der Waals surface area contributed by atoms with Crippen LogP contribution in [0, 0.1) is 5.41 Å². The molecule has 0 aromatic heterocycles. The number of thiocarbonyl (C=S) groups is 1. The highest BCUT2D eigenvalue weighted by Crippen LogP contribution is 2.18. The predicted octanol–water partition coefficient (Wildman–Crippen LogP) is 1.35. The van der Waals surface area contributed by atoms with Gasteiger partial charge < -0.3 is 16.0 Å². The number of hydrogen-bond acceptors (Lipinski definition) is 2. The zero-order valence-corrected chi connectivity index (χ0v) is 8.86. The van der Waals surface area contributed by atoms with Crippen LogP contribution in [-0.4, -0.2) is 22.9 Å². The molecule has 0 amide bonds. The highest BCUT2D eigenvalue weighted by molar-refractivity contribution is 7.80. The Hall–Kier alpha value is -0.900. The van der Waals surface area contributed by atoms with E-state index in [0.717, 1.165) is 23.7 Å². The molecule has 2 aliphatic rings. The molecule has 0 aliphatic heterocycles. The van der Waals surface area contributed by atoms with Crippen LogP contribution in [0.1, 0.15) is 25.7 Å². The van der Waals surface area contributed by atoms with E-state index in [1.807, 2.05) is 6.08 Å². The van der Waals surface area contributed by atoms with Gasteiger partial charge in [0.1, 0.15) is 0 Å². The lowest BCUT2D eigenvalue weighted by atomic mass is 10.0. The van der Waals surface area contributed by atoms with Gasteiger partial charge in [-0.2, -0.15) is 0 Å². The predicted molar refractivity (Wildman–Crippen MR) is 61.8 cm³/mol. The fourth-order valence-corrected chi connectivity index (χ4v) is 1.83. The average molecular weight is 209 g/mol. The molecular weight excluding hydrogens is 194 g/mol. The third kappa shape index (κ3) is 2.80. The van der Waals surface area contributed by atoms with Crippen LogP contribution in [-0.2, 0) is 0 Å². The van der Waals surface area contributed by atoms with Crippen molar-refractivity contribution < 1.29 is 0 Å². The molecule has 14 heavy (non-hydrogen) atoms. The van der Waals surface area contributed by atoms with Gasteiger partial charge in [0.25, 0.3) is 0 Å². The van der Waals surface area contributed by atoms with Crippen LogP contribution in [0.2, 0.25) is 0 Å². The summed E-state index contributed by atoms with van der Waals surface area (Å²) in [4.78, 5) is 0. The van der Waals surface area contributed by atoms with Crippen LogP contribution in [0.4, 0.5) is 0 Å². The van der Waals surface area contributed by atoms with E-state index < -0.39 is 0 Å². The summed E-state index contributed by atoms with van der Waals surface area (Å²) in [5.41, 5.74) is 0.777. The summed E-state index contributed by atoms with van der Waals surface area (Å²) >= 11 is 5.16. The van der Waals surface area contributed by atoms with Gasteiger partial charge in [0.2, 0.25) is 0 Å². The molecule has 0 bridgehead atoms. The smallest absolute Gasteiger partial charge is 0.166 e. The first-order valence-corrected chi connectivity index (χ1v) is 5.45. The van der Waals surface area contributed by atoms with Crippen molar-refractivity contribution >= 4 is 23.0 Å². The molecule has 3 N–H and O–H groups in total. The lowest BCUT2D eigenvalue weighted by molar-refractivity contribution is 0.717. The molecule has 1 atom stereocenters. The molecule has 0 aromatic rings. The summed E-state index contributed by atoms with van der Waals surface area (Å²) in [6, 6.07) is 0.817. The van der Waals surface area contributed by atoms with E-state index >= 15 is 0 Å². The van der Waals surface area contributed by atoms with Crippen molar-refractivity contribution in [1.82, 2.24) is 10.6 Å². The van der Waals surface area contributed by atoms with Gasteiger partial charge in [-0.1, -0.05) is 12.2 Å². The zero-order chi connectivity index (χ0) is 9.97. The second kappa shape index (κ2) is 4.09. The van der Waals surface area contributed by atoms with Crippen molar-refractivity contribution in [2.24, 2.45) is 0 Å². The van der Waals surface area contributed by atoms with Gasteiger partial charge >= 0.3 is 0 Å². The first-order chi connectivity index (χ1) is 6.74. The van der Waals surface area contributed by atoms with E-state index in [4.69, 9.17) is 17.6 Å². The van der Waals surface area contributed by atoms with Crippen molar-refractivity contribution in [2.75, 3.05) is 0 Å². The Morgan fingerprint density at radius 1 is 1.43 bits per heavy atom. The first kappa shape index (κ1) is 9.65. The molecule has 76 valence electrons. The highest BCUT2D eigenvalue weighted by atomic mass is 32.1. The maximum Gasteiger partial charge on any atom is 0.166 e. The fraction of sp³-hybridized carbons (Fsp3) is 0.600. The molecule has 0 saturated heterocycles. The summed E-state index contributed by atoms with van der Waals surface area (Å²) in [5.74, 6) is 0. The second-order valence-electron chi connectivity index (χ2n) is 3.94. The molecule has 2 aliphatic carbocycles. The summed E-state index contributed by atoms with van der Waals surface area (Å²) in [5, 5.41) is 14.7. The number of rotatable bonds is 2. The number of nitrogens with one attached hydrogen (secondary N) is 3. The third-order valence-corrected chi connectivity index (χ3v) is 2.66. The Bertz CT molecular complexity index is 281. The molecular formula is C10H15N3S. The molecule has 1 unspecified atom stereocenters. The molecule has 0 aromatic carbocycles. The van der Waals surface area contributed by atoms with Crippen LogP contribution in [0.3, 0.4) is 0 Å². The van der Waals surface area contributed by atoms with Crippen LogP contribution in [0.25, 0.3) is 0 Å². The van der Waals surface area contributed by atoms with E-state index in [1.165, 1.54) is 12.8 Å². The summed E-state index contributed by atoms with van der Waals surface area (Å²) in [6.07, 6.45) is 8.17. The third-order valence-electron chi connectivity index (χ3n) is 2.43. The monoisotopic (exact) mass is 209 g/mol. The molecule has 2 rings (SSSR count). The molecule has 0 spiro atoms. The molecule has 1 fully saturated rings. The molecule has 0 heterocycles. The van der Waals surface area contributed by atoms with E-state index in [1.54, 1.807) is 0 Å². The Balaban J connectivity index is 1.77. The average Bonchev–Trinajstić information content (AvgIpc) is 2.87. The van der Waals surface area contributed by atoms with Gasteiger partial charge in [0, 0.05) is 24.6 Å². The van der Waals surface area contributed by atoms with Gasteiger partial charge in [0.15, 0.2) is 5.11 Å². The molecule has 3 nitrogen and oxygen atoms in total. The highest BCUT2D eigenvalue weighted by Gasteiger charge is 2.22. The van der Waals surface area contributed by atoms with E-state index in [-0.39, 0.29) is 6.04 Å². The minimum absolute atomic E-state index is 0.218. The summed E-state index contributed by atoms with van der Waals surface area (Å²) in [6.45, 7) is 0. The van der Waals surface area contributed by atoms with E-state index in [2.05, 4.69) is 16.7 Å². The lowest BCUT2D eigenvalue weighted by Crippen LogP contribution is -2.43. The first-order valence-electron chi connectivity index (χ1n) is 5.04. The van der Waals surface area contributed by atoms with Gasteiger partial charge in [0.05, 0.1) is 6.04 Å². The van der Waals surface area contributed by atoms with Crippen molar-refractivity contribution in [1.29, 1.82) is 5.41 Å². The Morgan fingerprint density at radius 2 is 2.21 bits per heavy atom. The standard InChI is InChI=1S/C10H15N3S/c11-7-2-1-3-9(6-7)13-10(14)12-8-4-5-8/h1,3,8-9,11H,2,4-6H2,(H2,12,13,14).